The van der Waals surface area contributed by atoms with Gasteiger partial charge in [-0.15, -0.1) is 0 Å². The van der Waals surface area contributed by atoms with Gasteiger partial charge in [0, 0.05) is 30.2 Å². The highest BCUT2D eigenvalue weighted by Gasteiger charge is 2.17. The summed E-state index contributed by atoms with van der Waals surface area (Å²) in [5.41, 5.74) is 2.58. The number of ether oxygens (including phenoxy) is 1. The number of carbonyl (C=O) groups is 1. The Bertz CT molecular complexity index is 754. The van der Waals surface area contributed by atoms with E-state index in [1.54, 1.807) is 0 Å². The van der Waals surface area contributed by atoms with Gasteiger partial charge >= 0.3 is 0 Å². The number of aryl methyl sites for hydroxylation is 2. The zero-order valence-corrected chi connectivity index (χ0v) is 16.9. The molecule has 0 spiro atoms. The maximum atomic E-state index is 12.2. The number of rotatable bonds is 6. The highest BCUT2D eigenvalue weighted by Crippen LogP contribution is 2.21. The van der Waals surface area contributed by atoms with Gasteiger partial charge in [-0.1, -0.05) is 11.8 Å². The van der Waals surface area contributed by atoms with Crippen molar-refractivity contribution in [1.82, 2.24) is 14.9 Å². The van der Waals surface area contributed by atoms with Crippen LogP contribution in [0.1, 0.15) is 24.2 Å². The van der Waals surface area contributed by atoms with Crippen LogP contribution in [-0.4, -0.2) is 52.8 Å². The van der Waals surface area contributed by atoms with Crippen LogP contribution in [0.25, 0.3) is 0 Å². The Morgan fingerprint density at radius 2 is 1.81 bits per heavy atom. The molecule has 1 aliphatic heterocycles. The number of thioether (sulfide) groups is 1. The van der Waals surface area contributed by atoms with Gasteiger partial charge < -0.3 is 15.0 Å². The molecule has 1 fully saturated rings. The van der Waals surface area contributed by atoms with Crippen molar-refractivity contribution in [1.29, 1.82) is 0 Å². The molecule has 0 unspecified atom stereocenters. The van der Waals surface area contributed by atoms with Crippen LogP contribution in [0.15, 0.2) is 35.5 Å². The molecular weight excluding hydrogens is 360 g/mol. The first-order chi connectivity index (χ1) is 13.0. The van der Waals surface area contributed by atoms with Gasteiger partial charge in [-0.2, -0.15) is 0 Å². The molecule has 144 valence electrons. The van der Waals surface area contributed by atoms with E-state index < -0.39 is 0 Å². The van der Waals surface area contributed by atoms with Gasteiger partial charge in [0.1, 0.15) is 11.9 Å². The third kappa shape index (κ3) is 6.22. The summed E-state index contributed by atoms with van der Waals surface area (Å²) in [5.74, 6) is 1.05. The highest BCUT2D eigenvalue weighted by atomic mass is 32.2. The standard InChI is InChI=1S/C20H26N4O2S/c1-14-12-15(2)22-20(21-14)27-13-19(25)23-16-4-6-17(7-5-16)26-18-8-10-24(3)11-9-18/h4-7,12,18H,8-11,13H2,1-3H3,(H,23,25). The van der Waals surface area contributed by atoms with Crippen LogP contribution < -0.4 is 10.1 Å². The Kier molecular flexibility index (Phi) is 6.68. The van der Waals surface area contributed by atoms with Gasteiger partial charge in [0.05, 0.1) is 5.75 Å². The minimum absolute atomic E-state index is 0.0771. The van der Waals surface area contributed by atoms with Crippen molar-refractivity contribution < 1.29 is 9.53 Å². The summed E-state index contributed by atoms with van der Waals surface area (Å²) in [5, 5.41) is 3.53. The predicted molar refractivity (Wildman–Crippen MR) is 108 cm³/mol. The number of likely N-dealkylation sites (tertiary alicyclic amines) is 1. The molecule has 2 aromatic rings. The van der Waals surface area contributed by atoms with Crippen LogP contribution >= 0.6 is 11.8 Å². The number of nitrogens with zero attached hydrogens (tertiary/aromatic N) is 3. The zero-order valence-electron chi connectivity index (χ0n) is 16.1. The quantitative estimate of drug-likeness (QED) is 0.607. The summed E-state index contributed by atoms with van der Waals surface area (Å²) >= 11 is 1.34. The fourth-order valence-corrected chi connectivity index (χ4v) is 3.75. The van der Waals surface area contributed by atoms with E-state index in [-0.39, 0.29) is 17.8 Å². The van der Waals surface area contributed by atoms with Crippen molar-refractivity contribution >= 4 is 23.4 Å². The number of hydrogen-bond acceptors (Lipinski definition) is 6. The first-order valence-corrected chi connectivity index (χ1v) is 10.2. The Morgan fingerprint density at radius 3 is 2.44 bits per heavy atom. The number of hydrogen-bond donors (Lipinski definition) is 1. The molecule has 0 bridgehead atoms. The third-order valence-electron chi connectivity index (χ3n) is 4.40. The van der Waals surface area contributed by atoms with Gasteiger partial charge in [0.25, 0.3) is 0 Å². The minimum Gasteiger partial charge on any atom is -0.490 e. The second-order valence-corrected chi connectivity index (χ2v) is 7.86. The Balaban J connectivity index is 1.46. The average molecular weight is 387 g/mol. The summed E-state index contributed by atoms with van der Waals surface area (Å²) in [6.45, 7) is 5.99. The van der Waals surface area contributed by atoms with Crippen molar-refractivity contribution in [3.8, 4) is 5.75 Å². The van der Waals surface area contributed by atoms with E-state index in [2.05, 4.69) is 27.2 Å². The molecule has 1 aliphatic rings. The lowest BCUT2D eigenvalue weighted by Crippen LogP contribution is -2.35. The molecule has 7 heteroatoms. The molecule has 0 saturated carbocycles. The first-order valence-electron chi connectivity index (χ1n) is 9.18. The van der Waals surface area contributed by atoms with E-state index in [0.29, 0.717) is 5.16 Å². The number of aromatic nitrogens is 2. The Hall–Kier alpha value is -2.12. The maximum Gasteiger partial charge on any atom is 0.234 e. The van der Waals surface area contributed by atoms with E-state index in [0.717, 1.165) is 48.8 Å². The van der Waals surface area contributed by atoms with Gasteiger partial charge in [-0.05, 0) is 64.1 Å². The molecular formula is C20H26N4O2S. The normalized spacial score (nSPS) is 15.5. The van der Waals surface area contributed by atoms with Crippen LogP contribution in [0.3, 0.4) is 0 Å². The molecule has 1 aromatic heterocycles. The molecule has 0 radical (unpaired) electrons. The monoisotopic (exact) mass is 386 g/mol. The lowest BCUT2D eigenvalue weighted by Gasteiger charge is -2.29. The lowest BCUT2D eigenvalue weighted by atomic mass is 10.1. The van der Waals surface area contributed by atoms with Crippen molar-refractivity contribution in [2.24, 2.45) is 0 Å². The molecule has 2 heterocycles. The second-order valence-electron chi connectivity index (χ2n) is 6.91. The number of amides is 1. The van der Waals surface area contributed by atoms with Gasteiger partial charge in [0.2, 0.25) is 5.91 Å². The molecule has 0 atom stereocenters. The molecule has 1 saturated heterocycles. The summed E-state index contributed by atoms with van der Waals surface area (Å²) in [6, 6.07) is 9.49. The van der Waals surface area contributed by atoms with Crippen molar-refractivity contribution in [3.63, 3.8) is 0 Å². The van der Waals surface area contributed by atoms with Gasteiger partial charge in [-0.25, -0.2) is 9.97 Å². The van der Waals surface area contributed by atoms with Crippen molar-refractivity contribution in [2.75, 3.05) is 31.2 Å². The summed E-state index contributed by atoms with van der Waals surface area (Å²) < 4.78 is 6.03. The van der Waals surface area contributed by atoms with E-state index in [9.17, 15) is 4.79 Å². The molecule has 0 aliphatic carbocycles. The maximum absolute atomic E-state index is 12.2. The predicted octanol–water partition coefficient (Wildman–Crippen LogP) is 3.30. The van der Waals surface area contributed by atoms with E-state index in [4.69, 9.17) is 4.74 Å². The first kappa shape index (κ1) is 19.6. The number of benzene rings is 1. The van der Waals surface area contributed by atoms with Crippen LogP contribution in [0, 0.1) is 13.8 Å². The van der Waals surface area contributed by atoms with Crippen LogP contribution in [0.5, 0.6) is 5.75 Å². The molecule has 1 amide bonds. The van der Waals surface area contributed by atoms with Gasteiger partial charge in [-0.3, -0.25) is 4.79 Å². The van der Waals surface area contributed by atoms with E-state index in [1.807, 2.05) is 44.2 Å². The fraction of sp³-hybridized carbons (Fsp3) is 0.450. The molecule has 6 nitrogen and oxygen atoms in total. The molecule has 1 N–H and O–H groups in total. The number of nitrogens with one attached hydrogen (secondary N) is 1. The summed E-state index contributed by atoms with van der Waals surface area (Å²) in [6.07, 6.45) is 2.37. The second kappa shape index (κ2) is 9.19. The smallest absolute Gasteiger partial charge is 0.234 e. The third-order valence-corrected chi connectivity index (χ3v) is 5.25. The van der Waals surface area contributed by atoms with Crippen molar-refractivity contribution in [2.45, 2.75) is 37.9 Å². The van der Waals surface area contributed by atoms with Crippen LogP contribution in [0.2, 0.25) is 0 Å². The average Bonchev–Trinajstić information content (AvgIpc) is 2.63. The van der Waals surface area contributed by atoms with Gasteiger partial charge in [0.15, 0.2) is 5.16 Å². The number of carbonyl (C=O) groups excluding carboxylic acids is 1. The lowest BCUT2D eigenvalue weighted by molar-refractivity contribution is -0.113. The van der Waals surface area contributed by atoms with Crippen LogP contribution in [-0.2, 0) is 4.79 Å². The molecule has 27 heavy (non-hydrogen) atoms. The summed E-state index contributed by atoms with van der Waals surface area (Å²) in [7, 11) is 2.14. The Labute approximate surface area is 164 Å². The number of piperidine rings is 1. The largest absolute Gasteiger partial charge is 0.490 e. The topological polar surface area (TPSA) is 67.3 Å². The summed E-state index contributed by atoms with van der Waals surface area (Å²) in [4.78, 5) is 23.2. The minimum atomic E-state index is -0.0771. The van der Waals surface area contributed by atoms with Crippen molar-refractivity contribution in [3.05, 3.63) is 41.7 Å². The fourth-order valence-electron chi connectivity index (χ4n) is 3.00. The molecule has 1 aromatic carbocycles. The van der Waals surface area contributed by atoms with Crippen LogP contribution in [0.4, 0.5) is 5.69 Å². The van der Waals surface area contributed by atoms with E-state index in [1.165, 1.54) is 11.8 Å². The number of anilines is 1. The highest BCUT2D eigenvalue weighted by molar-refractivity contribution is 7.99. The van der Waals surface area contributed by atoms with E-state index >= 15 is 0 Å². The SMILES string of the molecule is Cc1cc(C)nc(SCC(=O)Nc2ccc(OC3CCN(C)CC3)cc2)n1. The Morgan fingerprint density at radius 1 is 1.19 bits per heavy atom. The zero-order chi connectivity index (χ0) is 19.2. The molecule has 3 rings (SSSR count).